The van der Waals surface area contributed by atoms with Gasteiger partial charge in [0.2, 0.25) is 5.91 Å². The van der Waals surface area contributed by atoms with Gasteiger partial charge in [0.05, 0.1) is 18.0 Å². The van der Waals surface area contributed by atoms with Crippen LogP contribution in [-0.2, 0) is 11.2 Å². The summed E-state index contributed by atoms with van der Waals surface area (Å²) in [5.41, 5.74) is 9.45. The van der Waals surface area contributed by atoms with Crippen molar-refractivity contribution >= 4 is 17.3 Å². The van der Waals surface area contributed by atoms with E-state index in [1.54, 1.807) is 0 Å². The number of carbonyl (C=O) groups is 1. The lowest BCUT2D eigenvalue weighted by Gasteiger charge is -2.22. The molecule has 0 atom stereocenters. The summed E-state index contributed by atoms with van der Waals surface area (Å²) in [6, 6.07) is 6.07. The second-order valence-corrected chi connectivity index (χ2v) is 3.81. The highest BCUT2D eigenvalue weighted by atomic mass is 16.1. The second kappa shape index (κ2) is 2.76. The molecule has 2 heterocycles. The summed E-state index contributed by atoms with van der Waals surface area (Å²) in [4.78, 5) is 13.2. The van der Waals surface area contributed by atoms with Crippen molar-refractivity contribution in [3.8, 4) is 0 Å². The first-order chi connectivity index (χ1) is 7.25. The number of primary amides is 1. The Bertz CT molecular complexity index is 479. The number of hydrogen-bond donors (Lipinski definition) is 2. The predicted molar refractivity (Wildman–Crippen MR) is 58.4 cm³/mol. The SMILES string of the molecule is NC(=O)C1=CN2CNc3cccc(c32)C1. The summed E-state index contributed by atoms with van der Waals surface area (Å²) in [6.45, 7) is 0.711. The molecule has 2 aliphatic heterocycles. The maximum Gasteiger partial charge on any atom is 0.246 e. The number of nitrogens with two attached hydrogens (primary N) is 1. The molecule has 0 spiro atoms. The highest BCUT2D eigenvalue weighted by Crippen LogP contribution is 2.38. The third-order valence-corrected chi connectivity index (χ3v) is 2.86. The average Bonchev–Trinajstić information content (AvgIpc) is 2.64. The van der Waals surface area contributed by atoms with Gasteiger partial charge in [-0.2, -0.15) is 0 Å². The van der Waals surface area contributed by atoms with Crippen LogP contribution in [0.2, 0.25) is 0 Å². The molecule has 4 heteroatoms. The van der Waals surface area contributed by atoms with E-state index in [0.717, 1.165) is 11.3 Å². The van der Waals surface area contributed by atoms with Crippen LogP contribution in [0.15, 0.2) is 30.0 Å². The summed E-state index contributed by atoms with van der Waals surface area (Å²) in [6.07, 6.45) is 2.48. The number of anilines is 2. The standard InChI is InChI=1S/C11H11N3O/c12-11(15)8-4-7-2-1-3-9-10(7)14(5-8)6-13-9/h1-3,5,13H,4,6H2,(H2,12,15). The fraction of sp³-hybridized carbons (Fsp3) is 0.182. The largest absolute Gasteiger partial charge is 0.366 e. The summed E-state index contributed by atoms with van der Waals surface area (Å²) in [5, 5.41) is 3.27. The lowest BCUT2D eigenvalue weighted by atomic mass is 9.99. The van der Waals surface area contributed by atoms with Crippen molar-refractivity contribution in [2.75, 3.05) is 16.9 Å². The van der Waals surface area contributed by atoms with E-state index in [9.17, 15) is 4.79 Å². The van der Waals surface area contributed by atoms with Crippen LogP contribution < -0.4 is 16.0 Å². The molecule has 0 saturated carbocycles. The number of nitrogens with zero attached hydrogens (tertiary/aromatic N) is 1. The zero-order valence-corrected chi connectivity index (χ0v) is 8.16. The Balaban J connectivity index is 2.13. The van der Waals surface area contributed by atoms with Crippen LogP contribution in [-0.4, -0.2) is 12.6 Å². The zero-order chi connectivity index (χ0) is 10.4. The van der Waals surface area contributed by atoms with Crippen LogP contribution in [0.25, 0.3) is 0 Å². The zero-order valence-electron chi connectivity index (χ0n) is 8.16. The molecule has 76 valence electrons. The Labute approximate surface area is 87.4 Å². The maximum absolute atomic E-state index is 11.1. The number of carbonyl (C=O) groups excluding carboxylic acids is 1. The summed E-state index contributed by atoms with van der Waals surface area (Å²) < 4.78 is 0. The van der Waals surface area contributed by atoms with E-state index in [0.29, 0.717) is 18.7 Å². The third-order valence-electron chi connectivity index (χ3n) is 2.86. The van der Waals surface area contributed by atoms with Crippen molar-refractivity contribution in [3.63, 3.8) is 0 Å². The fourth-order valence-electron chi connectivity index (χ4n) is 2.17. The molecule has 2 aliphatic rings. The van der Waals surface area contributed by atoms with Crippen LogP contribution in [0, 0.1) is 0 Å². The number of para-hydroxylation sites is 1. The first-order valence-corrected chi connectivity index (χ1v) is 4.88. The van der Waals surface area contributed by atoms with Crippen molar-refractivity contribution in [3.05, 3.63) is 35.5 Å². The molecule has 0 aliphatic carbocycles. The molecule has 0 unspecified atom stereocenters. The Hall–Kier alpha value is -1.97. The van der Waals surface area contributed by atoms with Gasteiger partial charge in [0, 0.05) is 18.2 Å². The number of hydrogen-bond acceptors (Lipinski definition) is 3. The van der Waals surface area contributed by atoms with Crippen LogP contribution in [0.1, 0.15) is 5.56 Å². The summed E-state index contributed by atoms with van der Waals surface area (Å²) in [5.74, 6) is -0.335. The smallest absolute Gasteiger partial charge is 0.246 e. The van der Waals surface area contributed by atoms with Crippen LogP contribution in [0.5, 0.6) is 0 Å². The van der Waals surface area contributed by atoms with Gasteiger partial charge in [-0.15, -0.1) is 0 Å². The molecule has 0 fully saturated rings. The van der Waals surface area contributed by atoms with Crippen molar-refractivity contribution in [1.29, 1.82) is 0 Å². The van der Waals surface area contributed by atoms with E-state index in [1.165, 1.54) is 5.69 Å². The van der Waals surface area contributed by atoms with Crippen molar-refractivity contribution in [2.45, 2.75) is 6.42 Å². The Morgan fingerprint density at radius 3 is 3.13 bits per heavy atom. The molecular formula is C11H11N3O. The molecule has 3 rings (SSSR count). The average molecular weight is 201 g/mol. The first-order valence-electron chi connectivity index (χ1n) is 4.88. The predicted octanol–water partition coefficient (Wildman–Crippen LogP) is 0.801. The third kappa shape index (κ3) is 1.11. The lowest BCUT2D eigenvalue weighted by Crippen LogP contribution is -2.26. The molecule has 3 N–H and O–H groups in total. The Morgan fingerprint density at radius 1 is 1.47 bits per heavy atom. The van der Waals surface area contributed by atoms with Crippen LogP contribution in [0.4, 0.5) is 11.4 Å². The molecule has 15 heavy (non-hydrogen) atoms. The van der Waals surface area contributed by atoms with E-state index in [-0.39, 0.29) is 5.91 Å². The molecule has 0 bridgehead atoms. The summed E-state index contributed by atoms with van der Waals surface area (Å²) >= 11 is 0. The van der Waals surface area contributed by atoms with E-state index in [1.807, 2.05) is 29.3 Å². The first kappa shape index (κ1) is 8.35. The normalized spacial score (nSPS) is 16.8. The monoisotopic (exact) mass is 201 g/mol. The maximum atomic E-state index is 11.1. The molecule has 1 aromatic rings. The fourth-order valence-corrected chi connectivity index (χ4v) is 2.17. The number of benzene rings is 1. The number of rotatable bonds is 1. The van der Waals surface area contributed by atoms with E-state index < -0.39 is 0 Å². The second-order valence-electron chi connectivity index (χ2n) is 3.81. The summed E-state index contributed by atoms with van der Waals surface area (Å²) in [7, 11) is 0. The molecule has 1 aromatic carbocycles. The van der Waals surface area contributed by atoms with Crippen molar-refractivity contribution in [1.82, 2.24) is 0 Å². The van der Waals surface area contributed by atoms with Gasteiger partial charge in [-0.25, -0.2) is 0 Å². The molecule has 0 aromatic heterocycles. The van der Waals surface area contributed by atoms with Crippen LogP contribution in [0.3, 0.4) is 0 Å². The minimum Gasteiger partial charge on any atom is -0.366 e. The van der Waals surface area contributed by atoms with Crippen molar-refractivity contribution < 1.29 is 4.79 Å². The van der Waals surface area contributed by atoms with Crippen LogP contribution >= 0.6 is 0 Å². The number of nitrogens with one attached hydrogen (secondary N) is 1. The highest BCUT2D eigenvalue weighted by Gasteiger charge is 2.26. The minimum absolute atomic E-state index is 0.335. The lowest BCUT2D eigenvalue weighted by molar-refractivity contribution is -0.114. The minimum atomic E-state index is -0.335. The van der Waals surface area contributed by atoms with E-state index in [4.69, 9.17) is 5.73 Å². The molecular weight excluding hydrogens is 190 g/mol. The van der Waals surface area contributed by atoms with Crippen molar-refractivity contribution in [2.24, 2.45) is 5.73 Å². The van der Waals surface area contributed by atoms with Gasteiger partial charge in [0.1, 0.15) is 0 Å². The highest BCUT2D eigenvalue weighted by molar-refractivity contribution is 5.95. The molecule has 4 nitrogen and oxygen atoms in total. The van der Waals surface area contributed by atoms with Gasteiger partial charge in [0.15, 0.2) is 0 Å². The molecule has 0 saturated heterocycles. The van der Waals surface area contributed by atoms with Gasteiger partial charge in [0.25, 0.3) is 0 Å². The van der Waals surface area contributed by atoms with Gasteiger partial charge in [-0.1, -0.05) is 12.1 Å². The van der Waals surface area contributed by atoms with Gasteiger partial charge < -0.3 is 16.0 Å². The number of amides is 1. The topological polar surface area (TPSA) is 58.4 Å². The molecule has 1 amide bonds. The van der Waals surface area contributed by atoms with Gasteiger partial charge in [-0.3, -0.25) is 4.79 Å². The Kier molecular flexibility index (Phi) is 1.54. The van der Waals surface area contributed by atoms with Gasteiger partial charge >= 0.3 is 0 Å². The Morgan fingerprint density at radius 2 is 2.33 bits per heavy atom. The quantitative estimate of drug-likeness (QED) is 0.706. The van der Waals surface area contributed by atoms with Gasteiger partial charge in [-0.05, 0) is 11.6 Å². The van der Waals surface area contributed by atoms with E-state index in [2.05, 4.69) is 5.32 Å². The van der Waals surface area contributed by atoms with E-state index >= 15 is 0 Å². The molecule has 0 radical (unpaired) electrons.